The first-order valence-corrected chi connectivity index (χ1v) is 27.7. The fraction of sp³-hybridized carbons (Fsp3) is 0.0789. The lowest BCUT2D eigenvalue weighted by atomic mass is 9.82. The van der Waals surface area contributed by atoms with E-state index in [1.54, 1.807) is 0 Å². The Kier molecular flexibility index (Phi) is 9.99. The molecule has 16 rings (SSSR count). The minimum Gasteiger partial charge on any atom is -0.455 e. The van der Waals surface area contributed by atoms with Crippen molar-refractivity contribution < 1.29 is 8.83 Å². The molecule has 0 spiro atoms. The van der Waals surface area contributed by atoms with Gasteiger partial charge >= 0.3 is 0 Å². The minimum absolute atomic E-state index is 0.118. The van der Waals surface area contributed by atoms with Gasteiger partial charge in [0, 0.05) is 55.9 Å². The van der Waals surface area contributed by atoms with Crippen LogP contribution in [-0.2, 0) is 10.8 Å². The van der Waals surface area contributed by atoms with E-state index in [-0.39, 0.29) is 10.8 Å². The Morgan fingerprint density at radius 3 is 0.963 bits per heavy atom. The number of benzene rings is 10. The second-order valence-corrected chi connectivity index (χ2v) is 22.9. The Morgan fingerprint density at radius 1 is 0.263 bits per heavy atom. The summed E-state index contributed by atoms with van der Waals surface area (Å²) in [5, 5.41) is 4.58. The highest BCUT2D eigenvalue weighted by atomic mass is 16.3. The molecule has 0 amide bonds. The van der Waals surface area contributed by atoms with Gasteiger partial charge in [0.05, 0.1) is 11.4 Å². The molecule has 0 fully saturated rings. The highest BCUT2D eigenvalue weighted by Gasteiger charge is 2.37. The maximum atomic E-state index is 6.48. The zero-order valence-electron chi connectivity index (χ0n) is 44.8. The van der Waals surface area contributed by atoms with Crippen LogP contribution in [0.1, 0.15) is 49.9 Å². The van der Waals surface area contributed by atoms with Gasteiger partial charge in [-0.3, -0.25) is 9.97 Å². The van der Waals surface area contributed by atoms with E-state index in [9.17, 15) is 0 Å². The topological polar surface area (TPSA) is 52.1 Å². The van der Waals surface area contributed by atoms with Gasteiger partial charge in [0.1, 0.15) is 22.3 Å². The van der Waals surface area contributed by atoms with Crippen LogP contribution in [0, 0.1) is 0 Å². The maximum absolute atomic E-state index is 6.48. The summed E-state index contributed by atoms with van der Waals surface area (Å²) >= 11 is 0. The molecule has 4 nitrogen and oxygen atoms in total. The van der Waals surface area contributed by atoms with Gasteiger partial charge in [0.2, 0.25) is 0 Å². The fourth-order valence-electron chi connectivity index (χ4n) is 13.4. The number of hydrogen-bond donors (Lipinski definition) is 0. The second-order valence-electron chi connectivity index (χ2n) is 22.9. The van der Waals surface area contributed by atoms with E-state index in [1.165, 1.54) is 66.8 Å². The molecule has 0 aliphatic heterocycles. The van der Waals surface area contributed by atoms with E-state index in [4.69, 9.17) is 18.8 Å². The zero-order valence-corrected chi connectivity index (χ0v) is 44.8. The average molecular weight is 1030 g/mol. The van der Waals surface area contributed by atoms with Crippen LogP contribution in [0.15, 0.2) is 252 Å². The molecule has 0 atom stereocenters. The van der Waals surface area contributed by atoms with Crippen LogP contribution < -0.4 is 0 Å². The molecule has 378 valence electrons. The lowest BCUT2D eigenvalue weighted by molar-refractivity contribution is 0.660. The van der Waals surface area contributed by atoms with E-state index < -0.39 is 0 Å². The van der Waals surface area contributed by atoms with E-state index in [1.807, 2.05) is 24.5 Å². The fourth-order valence-corrected chi connectivity index (χ4v) is 13.4. The van der Waals surface area contributed by atoms with Crippen LogP contribution in [0.2, 0.25) is 0 Å². The highest BCUT2D eigenvalue weighted by Crippen LogP contribution is 2.53. The molecule has 0 saturated heterocycles. The third-order valence-electron chi connectivity index (χ3n) is 17.7. The first-order chi connectivity index (χ1) is 39.1. The summed E-state index contributed by atoms with van der Waals surface area (Å²) in [6.07, 6.45) is 3.78. The van der Waals surface area contributed by atoms with Crippen molar-refractivity contribution in [2.45, 2.75) is 38.5 Å². The van der Waals surface area contributed by atoms with Crippen molar-refractivity contribution in [2.24, 2.45) is 0 Å². The summed E-state index contributed by atoms with van der Waals surface area (Å²) in [6, 6.07) is 83.8. The van der Waals surface area contributed by atoms with E-state index in [2.05, 4.69) is 246 Å². The van der Waals surface area contributed by atoms with Crippen LogP contribution in [0.25, 0.3) is 144 Å². The number of rotatable bonds is 7. The van der Waals surface area contributed by atoms with Crippen LogP contribution in [-0.4, -0.2) is 9.97 Å². The Morgan fingerprint density at radius 2 is 0.575 bits per heavy atom. The molecule has 10 aromatic carbocycles. The van der Waals surface area contributed by atoms with Crippen LogP contribution in [0.4, 0.5) is 0 Å². The quantitative estimate of drug-likeness (QED) is 0.160. The van der Waals surface area contributed by atoms with Gasteiger partial charge in [-0.15, -0.1) is 0 Å². The van der Waals surface area contributed by atoms with Crippen molar-refractivity contribution in [3.63, 3.8) is 0 Å². The lowest BCUT2D eigenvalue weighted by Crippen LogP contribution is -2.14. The lowest BCUT2D eigenvalue weighted by Gasteiger charge is -2.21. The highest BCUT2D eigenvalue weighted by molar-refractivity contribution is 6.11. The first kappa shape index (κ1) is 46.2. The summed E-state index contributed by atoms with van der Waals surface area (Å²) in [6.45, 7) is 9.37. The van der Waals surface area contributed by atoms with Crippen molar-refractivity contribution in [1.29, 1.82) is 0 Å². The van der Waals surface area contributed by atoms with Gasteiger partial charge in [0.15, 0.2) is 0 Å². The molecule has 0 radical (unpaired) electrons. The van der Waals surface area contributed by atoms with E-state index in [0.29, 0.717) is 0 Å². The summed E-state index contributed by atoms with van der Waals surface area (Å²) in [7, 11) is 0. The normalized spacial score (nSPS) is 13.7. The molecular weight excluding hydrogens is 973 g/mol. The maximum Gasteiger partial charge on any atom is 0.143 e. The monoisotopic (exact) mass is 1020 g/mol. The Hall–Kier alpha value is -9.90. The third kappa shape index (κ3) is 7.08. The van der Waals surface area contributed by atoms with Crippen LogP contribution in [0.5, 0.6) is 0 Å². The number of hydrogen-bond acceptors (Lipinski definition) is 4. The molecule has 4 aromatic heterocycles. The molecule has 2 aliphatic rings. The van der Waals surface area contributed by atoms with Crippen molar-refractivity contribution in [1.82, 2.24) is 9.97 Å². The standard InChI is InChI=1S/C76H52N2O2/c1-75(2)65-31-27-49(39-61(65)63-41-53(29-33-67(63)75)55-13-9-15-59-57-11-5-7-17-71(57)79-73(55)59)45-19-23-47(24-20-45)51-35-37-77-69(43-51)70-44-52(36-38-78-70)48-25-21-46(22-26-48)50-28-32-66-62(40-50)64-42-54(30-34-68(64)76(66,3)4)56-14-10-16-60-58-12-6-8-18-72(58)80-74(56)60/h5-44H,1-4H3. The average Bonchev–Trinajstić information content (AvgIpc) is 4.25. The van der Waals surface area contributed by atoms with Gasteiger partial charge in [0.25, 0.3) is 0 Å². The number of pyridine rings is 2. The largest absolute Gasteiger partial charge is 0.455 e. The van der Waals surface area contributed by atoms with Gasteiger partial charge in [-0.1, -0.05) is 198 Å². The van der Waals surface area contributed by atoms with Gasteiger partial charge < -0.3 is 8.83 Å². The second kappa shape index (κ2) is 17.3. The predicted octanol–water partition coefficient (Wildman–Crippen LogP) is 20.6. The molecule has 0 unspecified atom stereocenters. The first-order valence-electron chi connectivity index (χ1n) is 27.7. The van der Waals surface area contributed by atoms with Gasteiger partial charge in [-0.25, -0.2) is 0 Å². The molecule has 2 aliphatic carbocycles. The summed E-state index contributed by atoms with van der Waals surface area (Å²) in [5.74, 6) is 0. The van der Waals surface area contributed by atoms with Crippen molar-refractivity contribution in [3.05, 3.63) is 265 Å². The molecule has 80 heavy (non-hydrogen) atoms. The van der Waals surface area contributed by atoms with Crippen LogP contribution >= 0.6 is 0 Å². The number of aromatic nitrogens is 2. The number of nitrogens with zero attached hydrogens (tertiary/aromatic N) is 2. The zero-order chi connectivity index (χ0) is 53.4. The van der Waals surface area contributed by atoms with Gasteiger partial charge in [-0.2, -0.15) is 0 Å². The van der Waals surface area contributed by atoms with Crippen molar-refractivity contribution in [3.8, 4) is 100 Å². The molecule has 0 bridgehead atoms. The van der Waals surface area contributed by atoms with Crippen molar-refractivity contribution >= 4 is 43.9 Å². The van der Waals surface area contributed by atoms with E-state index >= 15 is 0 Å². The minimum atomic E-state index is -0.118. The summed E-state index contributed by atoms with van der Waals surface area (Å²) in [4.78, 5) is 9.66. The molecule has 14 aromatic rings. The Bertz CT molecular complexity index is 4570. The summed E-state index contributed by atoms with van der Waals surface area (Å²) in [5.41, 5.74) is 29.4. The van der Waals surface area contributed by atoms with Gasteiger partial charge in [-0.05, 0) is 161 Å². The van der Waals surface area contributed by atoms with Crippen LogP contribution in [0.3, 0.4) is 0 Å². The van der Waals surface area contributed by atoms with E-state index in [0.717, 1.165) is 99.8 Å². The molecule has 4 heterocycles. The number of fused-ring (bicyclic) bond motifs is 12. The molecule has 4 heteroatoms. The third-order valence-corrected chi connectivity index (χ3v) is 17.7. The Labute approximate surface area is 464 Å². The molecule has 0 saturated carbocycles. The molecule has 0 N–H and O–H groups in total. The Balaban J connectivity index is 0.655. The number of furan rings is 2. The smallest absolute Gasteiger partial charge is 0.143 e. The van der Waals surface area contributed by atoms with Crippen molar-refractivity contribution in [2.75, 3.05) is 0 Å². The number of para-hydroxylation sites is 4. The SMILES string of the molecule is CC1(C)c2ccc(-c3ccc(-c4ccnc(-c5cc(-c6ccc(-c7ccc8c(c7)-c7cc(-c9cccc%10c9oc9ccccc9%10)ccc7C8(C)C)cc6)ccn5)c4)cc3)cc2-c2cc(-c3cccc4c3oc3ccccc34)ccc21. The molecular formula is C76H52N2O2. The predicted molar refractivity (Wildman–Crippen MR) is 330 cm³/mol. The summed E-state index contributed by atoms with van der Waals surface area (Å²) < 4.78 is 13.0.